The molecule has 1 aliphatic heterocycles. The van der Waals surface area contributed by atoms with Crippen molar-refractivity contribution in [3.8, 4) is 5.75 Å². The zero-order valence-electron chi connectivity index (χ0n) is 13.2. The Kier molecular flexibility index (Phi) is 5.71. The molecule has 1 aliphatic rings. The maximum absolute atomic E-state index is 12.0. The van der Waals surface area contributed by atoms with Crippen molar-refractivity contribution < 1.29 is 14.3 Å². The van der Waals surface area contributed by atoms with Gasteiger partial charge in [-0.05, 0) is 38.5 Å². The first kappa shape index (κ1) is 16.7. The number of ether oxygens (including phenoxy) is 1. The largest absolute Gasteiger partial charge is 0.491 e. The first-order valence-electron chi connectivity index (χ1n) is 7.43. The Labute approximate surface area is 135 Å². The van der Waals surface area contributed by atoms with Gasteiger partial charge in [0.15, 0.2) is 0 Å². The normalized spacial score (nSPS) is 16.0. The van der Waals surface area contributed by atoms with Crippen LogP contribution in [0.1, 0.15) is 32.4 Å². The molecule has 0 spiro atoms. The molecular formula is C16H22N2O3S. The molecule has 1 atom stereocenters. The van der Waals surface area contributed by atoms with Crippen LogP contribution in [0.2, 0.25) is 0 Å². The molecule has 0 bridgehead atoms. The van der Waals surface area contributed by atoms with Crippen molar-refractivity contribution in [2.24, 2.45) is 0 Å². The van der Waals surface area contributed by atoms with Crippen LogP contribution in [0.4, 0.5) is 4.79 Å². The minimum absolute atomic E-state index is 0.0157. The molecule has 2 rings (SSSR count). The summed E-state index contributed by atoms with van der Waals surface area (Å²) in [6, 6.07) is 7.59. The van der Waals surface area contributed by atoms with Crippen LogP contribution in [-0.4, -0.2) is 41.0 Å². The number of carbonyl (C=O) groups is 2. The van der Waals surface area contributed by atoms with Crippen LogP contribution in [0, 0.1) is 0 Å². The van der Waals surface area contributed by atoms with E-state index in [2.05, 4.69) is 5.32 Å². The number of amides is 2. The highest BCUT2D eigenvalue weighted by Gasteiger charge is 2.23. The third kappa shape index (κ3) is 4.66. The van der Waals surface area contributed by atoms with E-state index in [1.807, 2.05) is 45.0 Å². The fraction of sp³-hybridized carbons (Fsp3) is 0.500. The number of thioether (sulfide) groups is 1. The maximum atomic E-state index is 12.0. The molecule has 1 aromatic rings. The Balaban J connectivity index is 1.86. The Morgan fingerprint density at radius 3 is 2.55 bits per heavy atom. The van der Waals surface area contributed by atoms with Gasteiger partial charge in [0.1, 0.15) is 12.3 Å². The Morgan fingerprint density at radius 1 is 1.32 bits per heavy atom. The molecule has 6 heteroatoms. The summed E-state index contributed by atoms with van der Waals surface area (Å²) in [5, 5.41) is 2.91. The van der Waals surface area contributed by atoms with E-state index in [9.17, 15) is 9.59 Å². The molecule has 0 aromatic heterocycles. The van der Waals surface area contributed by atoms with E-state index >= 15 is 0 Å². The molecule has 5 nitrogen and oxygen atoms in total. The highest BCUT2D eigenvalue weighted by Crippen LogP contribution is 2.19. The van der Waals surface area contributed by atoms with Gasteiger partial charge < -0.3 is 15.0 Å². The zero-order chi connectivity index (χ0) is 16.1. The molecule has 120 valence electrons. The molecule has 1 aromatic carbocycles. The van der Waals surface area contributed by atoms with Crippen LogP contribution in [0.5, 0.6) is 5.75 Å². The van der Waals surface area contributed by atoms with Crippen LogP contribution in [0.15, 0.2) is 24.3 Å². The summed E-state index contributed by atoms with van der Waals surface area (Å²) >= 11 is 1.26. The minimum atomic E-state index is -0.133. The van der Waals surface area contributed by atoms with Crippen LogP contribution in [-0.2, 0) is 4.79 Å². The van der Waals surface area contributed by atoms with Crippen molar-refractivity contribution in [1.82, 2.24) is 10.2 Å². The summed E-state index contributed by atoms with van der Waals surface area (Å²) in [6.45, 7) is 6.66. The van der Waals surface area contributed by atoms with Crippen molar-refractivity contribution in [3.05, 3.63) is 29.8 Å². The van der Waals surface area contributed by atoms with E-state index < -0.39 is 0 Å². The lowest BCUT2D eigenvalue weighted by atomic mass is 10.1. The van der Waals surface area contributed by atoms with E-state index in [4.69, 9.17) is 4.74 Å². The van der Waals surface area contributed by atoms with E-state index in [0.29, 0.717) is 6.54 Å². The first-order valence-corrected chi connectivity index (χ1v) is 8.42. The van der Waals surface area contributed by atoms with Crippen molar-refractivity contribution in [1.29, 1.82) is 0 Å². The summed E-state index contributed by atoms with van der Waals surface area (Å²) in [6.07, 6.45) is 0.138. The third-order valence-electron chi connectivity index (χ3n) is 3.31. The van der Waals surface area contributed by atoms with Crippen molar-refractivity contribution in [2.75, 3.05) is 18.8 Å². The van der Waals surface area contributed by atoms with Gasteiger partial charge in [-0.3, -0.25) is 9.59 Å². The van der Waals surface area contributed by atoms with Crippen molar-refractivity contribution in [3.63, 3.8) is 0 Å². The lowest BCUT2D eigenvalue weighted by Crippen LogP contribution is -2.38. The van der Waals surface area contributed by atoms with Gasteiger partial charge in [0.2, 0.25) is 5.91 Å². The van der Waals surface area contributed by atoms with Gasteiger partial charge in [-0.1, -0.05) is 23.9 Å². The predicted octanol–water partition coefficient (Wildman–Crippen LogP) is 2.82. The number of nitrogens with zero attached hydrogens (tertiary/aromatic N) is 1. The molecule has 0 aliphatic carbocycles. The second-order valence-electron chi connectivity index (χ2n) is 5.56. The van der Waals surface area contributed by atoms with Gasteiger partial charge in [-0.2, -0.15) is 0 Å². The van der Waals surface area contributed by atoms with Gasteiger partial charge in [-0.25, -0.2) is 0 Å². The topological polar surface area (TPSA) is 58.6 Å². The Hall–Kier alpha value is -1.69. The molecule has 0 saturated carbocycles. The molecule has 1 fully saturated rings. The average Bonchev–Trinajstić information content (AvgIpc) is 2.84. The quantitative estimate of drug-likeness (QED) is 0.875. The Bertz CT molecular complexity index is 531. The van der Waals surface area contributed by atoms with Gasteiger partial charge in [0.25, 0.3) is 5.24 Å². The summed E-state index contributed by atoms with van der Waals surface area (Å²) < 4.78 is 5.60. The van der Waals surface area contributed by atoms with Gasteiger partial charge in [0, 0.05) is 12.3 Å². The van der Waals surface area contributed by atoms with Gasteiger partial charge in [0.05, 0.1) is 12.1 Å². The third-order valence-corrected chi connectivity index (χ3v) is 4.20. The summed E-state index contributed by atoms with van der Waals surface area (Å²) in [5.41, 5.74) is 1.01. The van der Waals surface area contributed by atoms with Crippen LogP contribution >= 0.6 is 11.8 Å². The van der Waals surface area contributed by atoms with Crippen LogP contribution < -0.4 is 10.1 Å². The molecule has 2 amide bonds. The number of benzene rings is 1. The van der Waals surface area contributed by atoms with E-state index in [0.717, 1.165) is 17.1 Å². The lowest BCUT2D eigenvalue weighted by Gasteiger charge is -2.18. The number of hydrogen-bond donors (Lipinski definition) is 1. The molecule has 1 N–H and O–H groups in total. The fourth-order valence-electron chi connectivity index (χ4n) is 2.22. The Morgan fingerprint density at radius 2 is 2.00 bits per heavy atom. The molecule has 1 heterocycles. The monoisotopic (exact) mass is 322 g/mol. The van der Waals surface area contributed by atoms with Crippen molar-refractivity contribution >= 4 is 22.9 Å². The highest BCUT2D eigenvalue weighted by molar-refractivity contribution is 8.13. The van der Waals surface area contributed by atoms with E-state index in [-0.39, 0.29) is 29.8 Å². The highest BCUT2D eigenvalue weighted by atomic mass is 32.2. The number of hydrogen-bond acceptors (Lipinski definition) is 4. The number of rotatable bonds is 6. The van der Waals surface area contributed by atoms with Crippen LogP contribution in [0.25, 0.3) is 0 Å². The van der Waals surface area contributed by atoms with Crippen molar-refractivity contribution in [2.45, 2.75) is 32.9 Å². The standard InChI is InChI=1S/C16H22N2O3S/c1-11(2)21-14-6-4-13(5-7-14)12(3)17-15(19)10-18-8-9-22-16(18)20/h4-7,11-12H,8-10H2,1-3H3,(H,17,19)/t12-/m0/s1. The summed E-state index contributed by atoms with van der Waals surface area (Å²) in [5.74, 6) is 1.45. The first-order chi connectivity index (χ1) is 10.5. The molecule has 0 unspecified atom stereocenters. The summed E-state index contributed by atoms with van der Waals surface area (Å²) in [7, 11) is 0. The molecular weight excluding hydrogens is 300 g/mol. The fourth-order valence-corrected chi connectivity index (χ4v) is 3.05. The predicted molar refractivity (Wildman–Crippen MR) is 88.2 cm³/mol. The zero-order valence-corrected chi connectivity index (χ0v) is 14.0. The molecule has 22 heavy (non-hydrogen) atoms. The SMILES string of the molecule is CC(C)Oc1ccc([C@H](C)NC(=O)CN2CCSC2=O)cc1. The van der Waals surface area contributed by atoms with Gasteiger partial charge in [-0.15, -0.1) is 0 Å². The van der Waals surface area contributed by atoms with E-state index in [1.54, 1.807) is 4.90 Å². The van der Waals surface area contributed by atoms with E-state index in [1.165, 1.54) is 11.8 Å². The molecule has 0 radical (unpaired) electrons. The average molecular weight is 322 g/mol. The lowest BCUT2D eigenvalue weighted by molar-refractivity contribution is -0.122. The number of nitrogens with one attached hydrogen (secondary N) is 1. The number of carbonyl (C=O) groups excluding carboxylic acids is 2. The van der Waals surface area contributed by atoms with Gasteiger partial charge >= 0.3 is 0 Å². The summed E-state index contributed by atoms with van der Waals surface area (Å²) in [4.78, 5) is 25.1. The minimum Gasteiger partial charge on any atom is -0.491 e. The smallest absolute Gasteiger partial charge is 0.282 e. The second kappa shape index (κ2) is 7.54. The molecule has 1 saturated heterocycles. The maximum Gasteiger partial charge on any atom is 0.282 e. The van der Waals surface area contributed by atoms with Crippen LogP contribution in [0.3, 0.4) is 0 Å². The second-order valence-corrected chi connectivity index (χ2v) is 6.61.